The molecule has 1 heterocycles. The quantitative estimate of drug-likeness (QED) is 0.531. The lowest BCUT2D eigenvalue weighted by Crippen LogP contribution is -2.52. The highest BCUT2D eigenvalue weighted by Gasteiger charge is 2.61. The van der Waals surface area contributed by atoms with Crippen LogP contribution in [0, 0.1) is 11.3 Å². The van der Waals surface area contributed by atoms with Gasteiger partial charge < -0.3 is 9.84 Å². The molecule has 2 fully saturated rings. The van der Waals surface area contributed by atoms with E-state index in [1.807, 2.05) is 0 Å². The number of aliphatic hydroxyl groups is 1. The van der Waals surface area contributed by atoms with E-state index in [0.717, 1.165) is 19.3 Å². The molecule has 0 amide bonds. The van der Waals surface area contributed by atoms with Crippen LogP contribution in [0.1, 0.15) is 52.9 Å². The summed E-state index contributed by atoms with van der Waals surface area (Å²) in [4.78, 5) is 11.8. The zero-order valence-electron chi connectivity index (χ0n) is 11.5. The minimum atomic E-state index is -0.968. The molecule has 4 atom stereocenters. The number of rotatable bonds is 0. The van der Waals surface area contributed by atoms with E-state index < -0.39 is 11.5 Å². The van der Waals surface area contributed by atoms with E-state index in [9.17, 15) is 9.90 Å². The van der Waals surface area contributed by atoms with Crippen LogP contribution in [0.2, 0.25) is 0 Å². The zero-order chi connectivity index (χ0) is 13.1. The number of hydrogen-bond donors (Lipinski definition) is 1. The predicted octanol–water partition coefficient (Wildman–Crippen LogP) is 2.58. The van der Waals surface area contributed by atoms with Crippen molar-refractivity contribution in [2.24, 2.45) is 11.3 Å². The third-order valence-electron chi connectivity index (χ3n) is 5.52. The van der Waals surface area contributed by atoms with E-state index in [-0.39, 0.29) is 17.5 Å². The summed E-state index contributed by atoms with van der Waals surface area (Å²) in [6.45, 7) is 6.19. The standard InChI is InChI=1S/C15H22O3/c1-9-5-4-6-14(3)7-8-15(17)10(2)13(16)18-12(15)11(9)14/h10,12,17H,4-8H2,1-3H3/t10-,12-,14-,15+/m0/s1. The average molecular weight is 250 g/mol. The summed E-state index contributed by atoms with van der Waals surface area (Å²) in [5, 5.41) is 10.8. The van der Waals surface area contributed by atoms with Crippen LogP contribution in [0.3, 0.4) is 0 Å². The lowest BCUT2D eigenvalue weighted by Gasteiger charge is -2.49. The van der Waals surface area contributed by atoms with Crippen molar-refractivity contribution >= 4 is 5.97 Å². The van der Waals surface area contributed by atoms with E-state index in [1.54, 1.807) is 6.92 Å². The van der Waals surface area contributed by atoms with Gasteiger partial charge in [-0.2, -0.15) is 0 Å². The molecule has 0 unspecified atom stereocenters. The first-order chi connectivity index (χ1) is 8.38. The molecule has 0 radical (unpaired) electrons. The Kier molecular flexibility index (Phi) is 2.44. The molecular formula is C15H22O3. The Morgan fingerprint density at radius 3 is 2.78 bits per heavy atom. The van der Waals surface area contributed by atoms with Crippen LogP contribution in [-0.2, 0) is 9.53 Å². The van der Waals surface area contributed by atoms with Crippen LogP contribution >= 0.6 is 0 Å². The van der Waals surface area contributed by atoms with Crippen molar-refractivity contribution in [2.75, 3.05) is 0 Å². The number of ether oxygens (including phenoxy) is 1. The highest BCUT2D eigenvalue weighted by molar-refractivity contribution is 5.77. The summed E-state index contributed by atoms with van der Waals surface area (Å²) < 4.78 is 5.54. The normalized spacial score (nSPS) is 47.7. The Bertz CT molecular complexity index is 439. The van der Waals surface area contributed by atoms with Crippen LogP contribution in [0.4, 0.5) is 0 Å². The van der Waals surface area contributed by atoms with E-state index in [4.69, 9.17) is 4.74 Å². The van der Waals surface area contributed by atoms with Crippen molar-refractivity contribution in [3.63, 3.8) is 0 Å². The van der Waals surface area contributed by atoms with Gasteiger partial charge >= 0.3 is 5.97 Å². The molecule has 100 valence electrons. The molecular weight excluding hydrogens is 228 g/mol. The molecule has 3 aliphatic rings. The largest absolute Gasteiger partial charge is 0.454 e. The fraction of sp³-hybridized carbons (Fsp3) is 0.800. The van der Waals surface area contributed by atoms with Gasteiger partial charge in [0.15, 0.2) is 6.10 Å². The van der Waals surface area contributed by atoms with Crippen molar-refractivity contribution in [2.45, 2.75) is 64.6 Å². The molecule has 3 heteroatoms. The molecule has 1 N–H and O–H groups in total. The molecule has 1 aliphatic heterocycles. The second-order valence-electron chi connectivity index (χ2n) is 6.64. The SMILES string of the molecule is CC1=C2[C@@H]3OC(=O)[C@H](C)[C@]3(O)CC[C@]2(C)CCC1. The fourth-order valence-electron chi connectivity index (χ4n) is 4.21. The highest BCUT2D eigenvalue weighted by atomic mass is 16.6. The van der Waals surface area contributed by atoms with E-state index in [2.05, 4.69) is 13.8 Å². The topological polar surface area (TPSA) is 46.5 Å². The van der Waals surface area contributed by atoms with Gasteiger partial charge in [-0.15, -0.1) is 0 Å². The van der Waals surface area contributed by atoms with Gasteiger partial charge in [0, 0.05) is 0 Å². The first-order valence-corrected chi connectivity index (χ1v) is 7.01. The van der Waals surface area contributed by atoms with E-state index in [0.29, 0.717) is 6.42 Å². The van der Waals surface area contributed by atoms with E-state index >= 15 is 0 Å². The van der Waals surface area contributed by atoms with Crippen LogP contribution in [0.5, 0.6) is 0 Å². The van der Waals surface area contributed by atoms with Crippen LogP contribution in [-0.4, -0.2) is 22.8 Å². The summed E-state index contributed by atoms with van der Waals surface area (Å²) in [5.74, 6) is -0.633. The monoisotopic (exact) mass is 250 g/mol. The fourth-order valence-corrected chi connectivity index (χ4v) is 4.21. The zero-order valence-corrected chi connectivity index (χ0v) is 11.5. The molecule has 18 heavy (non-hydrogen) atoms. The summed E-state index contributed by atoms with van der Waals surface area (Å²) in [6, 6.07) is 0. The molecule has 0 bridgehead atoms. The maximum Gasteiger partial charge on any atom is 0.312 e. The lowest BCUT2D eigenvalue weighted by molar-refractivity contribution is -0.143. The Morgan fingerprint density at radius 2 is 2.06 bits per heavy atom. The minimum absolute atomic E-state index is 0.129. The second-order valence-corrected chi connectivity index (χ2v) is 6.64. The van der Waals surface area contributed by atoms with Gasteiger partial charge in [0.05, 0.1) is 5.92 Å². The van der Waals surface area contributed by atoms with Crippen molar-refractivity contribution in [3.05, 3.63) is 11.1 Å². The van der Waals surface area contributed by atoms with Gasteiger partial charge in [-0.25, -0.2) is 0 Å². The summed E-state index contributed by atoms with van der Waals surface area (Å²) in [6.07, 6.45) is 4.69. The third-order valence-corrected chi connectivity index (χ3v) is 5.52. The van der Waals surface area contributed by atoms with Crippen molar-refractivity contribution in [1.29, 1.82) is 0 Å². The minimum Gasteiger partial charge on any atom is -0.454 e. The summed E-state index contributed by atoms with van der Waals surface area (Å²) >= 11 is 0. The van der Waals surface area contributed by atoms with Crippen molar-refractivity contribution < 1.29 is 14.6 Å². The summed E-state index contributed by atoms with van der Waals surface area (Å²) in [5.41, 5.74) is 1.71. The number of esters is 1. The van der Waals surface area contributed by atoms with Crippen molar-refractivity contribution in [3.8, 4) is 0 Å². The Hall–Kier alpha value is -0.830. The van der Waals surface area contributed by atoms with Gasteiger partial charge in [0.1, 0.15) is 5.60 Å². The number of fused-ring (bicyclic) bond motifs is 3. The molecule has 0 spiro atoms. The molecule has 0 aromatic carbocycles. The molecule has 2 aliphatic carbocycles. The molecule has 1 saturated carbocycles. The smallest absolute Gasteiger partial charge is 0.312 e. The van der Waals surface area contributed by atoms with Gasteiger partial charge in [-0.05, 0) is 56.9 Å². The Balaban J connectivity index is 2.10. The third kappa shape index (κ3) is 1.37. The number of hydrogen-bond acceptors (Lipinski definition) is 3. The van der Waals surface area contributed by atoms with Gasteiger partial charge in [-0.3, -0.25) is 4.79 Å². The maximum atomic E-state index is 11.8. The molecule has 0 aromatic rings. The number of carbonyl (C=O) groups is 1. The lowest BCUT2D eigenvalue weighted by atomic mass is 9.58. The maximum absolute atomic E-state index is 11.8. The van der Waals surface area contributed by atoms with Crippen molar-refractivity contribution in [1.82, 2.24) is 0 Å². The Morgan fingerprint density at radius 1 is 1.33 bits per heavy atom. The molecule has 1 saturated heterocycles. The summed E-state index contributed by atoms with van der Waals surface area (Å²) in [7, 11) is 0. The first kappa shape index (κ1) is 12.2. The number of allylic oxidation sites excluding steroid dienone is 1. The molecule has 0 aromatic heterocycles. The predicted molar refractivity (Wildman–Crippen MR) is 67.9 cm³/mol. The Labute approximate surface area is 108 Å². The van der Waals surface area contributed by atoms with Gasteiger partial charge in [0.25, 0.3) is 0 Å². The van der Waals surface area contributed by atoms with E-state index in [1.165, 1.54) is 17.6 Å². The number of carbonyl (C=O) groups excluding carboxylic acids is 1. The van der Waals surface area contributed by atoms with Crippen LogP contribution < -0.4 is 0 Å². The second kappa shape index (κ2) is 3.60. The highest BCUT2D eigenvalue weighted by Crippen LogP contribution is 2.56. The average Bonchev–Trinajstić information content (AvgIpc) is 2.53. The van der Waals surface area contributed by atoms with Gasteiger partial charge in [0.2, 0.25) is 0 Å². The first-order valence-electron chi connectivity index (χ1n) is 7.01. The van der Waals surface area contributed by atoms with Crippen LogP contribution in [0.15, 0.2) is 11.1 Å². The molecule has 3 nitrogen and oxygen atoms in total. The van der Waals surface area contributed by atoms with Gasteiger partial charge in [-0.1, -0.05) is 12.5 Å². The molecule has 3 rings (SSSR count). The van der Waals surface area contributed by atoms with Crippen LogP contribution in [0.25, 0.3) is 0 Å².